The topological polar surface area (TPSA) is 38.0 Å². The fraction of sp³-hybridized carbons (Fsp3) is 0.571. The normalized spacial score (nSPS) is 11.8. The van der Waals surface area contributed by atoms with Gasteiger partial charge in [-0.2, -0.15) is 0 Å². The molecule has 96 valence electrons. The summed E-state index contributed by atoms with van der Waals surface area (Å²) in [6, 6.07) is 6.99. The molecule has 0 aliphatic carbocycles. The Kier molecular flexibility index (Phi) is 5.59. The second-order valence-electron chi connectivity index (χ2n) is 5.04. The quantitative estimate of drug-likeness (QED) is 0.716. The summed E-state index contributed by atoms with van der Waals surface area (Å²) in [6.45, 7) is 6.56. The van der Waals surface area contributed by atoms with Crippen LogP contribution >= 0.6 is 0 Å². The number of nitrogens with one attached hydrogen (secondary N) is 1. The average molecular weight is 238 g/mol. The lowest BCUT2D eigenvalue weighted by Crippen LogP contribution is -2.34. The van der Waals surface area contributed by atoms with Crippen molar-refractivity contribution < 1.29 is 4.39 Å². The van der Waals surface area contributed by atoms with Crippen molar-refractivity contribution in [1.82, 2.24) is 5.32 Å². The third-order valence-corrected chi connectivity index (χ3v) is 2.98. The zero-order chi connectivity index (χ0) is 12.7. The number of hydrogen-bond acceptors (Lipinski definition) is 2. The number of unbranched alkanes of at least 4 members (excludes halogenated alkanes) is 1. The molecular formula is C14H23FN2. The van der Waals surface area contributed by atoms with E-state index in [4.69, 9.17) is 5.73 Å². The van der Waals surface area contributed by atoms with Crippen molar-refractivity contribution in [2.75, 3.05) is 19.6 Å². The molecule has 0 fully saturated rings. The van der Waals surface area contributed by atoms with Crippen molar-refractivity contribution in [3.8, 4) is 0 Å². The molecule has 0 aromatic heterocycles. The first-order chi connectivity index (χ1) is 8.08. The molecule has 2 nitrogen and oxygen atoms in total. The van der Waals surface area contributed by atoms with Crippen LogP contribution in [0, 0.1) is 5.82 Å². The first-order valence-corrected chi connectivity index (χ1v) is 6.24. The summed E-state index contributed by atoms with van der Waals surface area (Å²) < 4.78 is 13.7. The summed E-state index contributed by atoms with van der Waals surface area (Å²) >= 11 is 0. The highest BCUT2D eigenvalue weighted by molar-refractivity contribution is 5.25. The van der Waals surface area contributed by atoms with Crippen molar-refractivity contribution >= 4 is 0 Å². The van der Waals surface area contributed by atoms with E-state index in [0.29, 0.717) is 0 Å². The van der Waals surface area contributed by atoms with Crippen LogP contribution in [0.25, 0.3) is 0 Å². The zero-order valence-corrected chi connectivity index (χ0v) is 10.8. The van der Waals surface area contributed by atoms with Gasteiger partial charge in [0.15, 0.2) is 0 Å². The van der Waals surface area contributed by atoms with Gasteiger partial charge >= 0.3 is 0 Å². The van der Waals surface area contributed by atoms with Gasteiger partial charge in [-0.05, 0) is 37.6 Å². The van der Waals surface area contributed by atoms with E-state index in [-0.39, 0.29) is 11.2 Å². The maximum Gasteiger partial charge on any atom is 0.126 e. The van der Waals surface area contributed by atoms with E-state index in [2.05, 4.69) is 19.2 Å². The molecule has 0 bridgehead atoms. The van der Waals surface area contributed by atoms with Gasteiger partial charge < -0.3 is 11.1 Å². The number of rotatable bonds is 7. The van der Waals surface area contributed by atoms with E-state index in [1.54, 1.807) is 6.07 Å². The third kappa shape index (κ3) is 4.44. The van der Waals surface area contributed by atoms with Crippen molar-refractivity contribution in [2.45, 2.75) is 32.1 Å². The summed E-state index contributed by atoms with van der Waals surface area (Å²) in [6.07, 6.45) is 2.11. The summed E-state index contributed by atoms with van der Waals surface area (Å²) in [4.78, 5) is 0. The first-order valence-electron chi connectivity index (χ1n) is 6.24. The van der Waals surface area contributed by atoms with Gasteiger partial charge in [0.25, 0.3) is 0 Å². The van der Waals surface area contributed by atoms with Crippen LogP contribution in [-0.2, 0) is 5.41 Å². The maximum absolute atomic E-state index is 13.7. The van der Waals surface area contributed by atoms with E-state index in [9.17, 15) is 4.39 Å². The van der Waals surface area contributed by atoms with Crippen molar-refractivity contribution in [3.05, 3.63) is 35.6 Å². The van der Waals surface area contributed by atoms with Crippen LogP contribution in [0.15, 0.2) is 24.3 Å². The van der Waals surface area contributed by atoms with Crippen LogP contribution in [0.4, 0.5) is 4.39 Å². The predicted octanol–water partition coefficient (Wildman–Crippen LogP) is 2.43. The summed E-state index contributed by atoms with van der Waals surface area (Å²) in [5.74, 6) is -0.124. The molecule has 0 saturated heterocycles. The van der Waals surface area contributed by atoms with Crippen LogP contribution in [0.2, 0.25) is 0 Å². The van der Waals surface area contributed by atoms with Crippen molar-refractivity contribution in [1.29, 1.82) is 0 Å². The molecule has 3 heteroatoms. The van der Waals surface area contributed by atoms with E-state index < -0.39 is 0 Å². The second kappa shape index (κ2) is 6.72. The first kappa shape index (κ1) is 14.1. The molecule has 0 atom stereocenters. The van der Waals surface area contributed by atoms with E-state index >= 15 is 0 Å². The highest BCUT2D eigenvalue weighted by Crippen LogP contribution is 2.24. The van der Waals surface area contributed by atoms with Crippen LogP contribution in [0.3, 0.4) is 0 Å². The molecule has 0 aliphatic rings. The number of nitrogens with two attached hydrogens (primary N) is 1. The Hall–Kier alpha value is -0.930. The van der Waals surface area contributed by atoms with Crippen LogP contribution in [0.5, 0.6) is 0 Å². The summed E-state index contributed by atoms with van der Waals surface area (Å²) in [5, 5.41) is 3.36. The van der Waals surface area contributed by atoms with Gasteiger partial charge in [0.1, 0.15) is 5.82 Å². The minimum Gasteiger partial charge on any atom is -0.330 e. The fourth-order valence-electron chi connectivity index (χ4n) is 1.90. The molecular weight excluding hydrogens is 215 g/mol. The van der Waals surface area contributed by atoms with Crippen molar-refractivity contribution in [3.63, 3.8) is 0 Å². The molecule has 0 heterocycles. The highest BCUT2D eigenvalue weighted by Gasteiger charge is 2.22. The summed E-state index contributed by atoms with van der Waals surface area (Å²) in [7, 11) is 0. The Bertz CT molecular complexity index is 337. The second-order valence-corrected chi connectivity index (χ2v) is 5.04. The lowest BCUT2D eigenvalue weighted by molar-refractivity contribution is 0.441. The third-order valence-electron chi connectivity index (χ3n) is 2.98. The molecule has 1 aromatic rings. The van der Waals surface area contributed by atoms with Gasteiger partial charge in [-0.25, -0.2) is 4.39 Å². The highest BCUT2D eigenvalue weighted by atomic mass is 19.1. The molecule has 17 heavy (non-hydrogen) atoms. The van der Waals surface area contributed by atoms with E-state index in [1.165, 1.54) is 6.07 Å². The SMILES string of the molecule is CC(C)(CNCCCCN)c1ccccc1F. The molecule has 0 spiro atoms. The predicted molar refractivity (Wildman–Crippen MR) is 70.6 cm³/mol. The minimum absolute atomic E-state index is 0.124. The molecule has 0 radical (unpaired) electrons. The lowest BCUT2D eigenvalue weighted by atomic mass is 9.84. The number of hydrogen-bond donors (Lipinski definition) is 2. The van der Waals surface area contributed by atoms with Crippen LogP contribution < -0.4 is 11.1 Å². The van der Waals surface area contributed by atoms with Gasteiger partial charge in [0, 0.05) is 12.0 Å². The summed E-state index contributed by atoms with van der Waals surface area (Å²) in [5.41, 5.74) is 6.01. The standard InChI is InChI=1S/C14H23FN2/c1-14(2,11-17-10-6-5-9-16)12-7-3-4-8-13(12)15/h3-4,7-8,17H,5-6,9-11,16H2,1-2H3. The molecule has 3 N–H and O–H groups in total. The monoisotopic (exact) mass is 238 g/mol. The van der Waals surface area contributed by atoms with E-state index in [0.717, 1.165) is 38.0 Å². The van der Waals surface area contributed by atoms with Gasteiger partial charge in [-0.1, -0.05) is 32.0 Å². The average Bonchev–Trinajstić information content (AvgIpc) is 2.29. The van der Waals surface area contributed by atoms with Gasteiger partial charge in [-0.3, -0.25) is 0 Å². The molecule has 1 rings (SSSR count). The fourth-order valence-corrected chi connectivity index (χ4v) is 1.90. The van der Waals surface area contributed by atoms with Crippen LogP contribution in [0.1, 0.15) is 32.3 Å². The largest absolute Gasteiger partial charge is 0.330 e. The Morgan fingerprint density at radius 1 is 1.24 bits per heavy atom. The molecule has 0 unspecified atom stereocenters. The molecule has 0 amide bonds. The minimum atomic E-state index is -0.186. The molecule has 0 saturated carbocycles. The van der Waals surface area contributed by atoms with E-state index in [1.807, 2.05) is 12.1 Å². The molecule has 1 aromatic carbocycles. The smallest absolute Gasteiger partial charge is 0.126 e. The Morgan fingerprint density at radius 2 is 1.94 bits per heavy atom. The van der Waals surface area contributed by atoms with Gasteiger partial charge in [0.2, 0.25) is 0 Å². The lowest BCUT2D eigenvalue weighted by Gasteiger charge is -2.26. The van der Waals surface area contributed by atoms with Crippen molar-refractivity contribution in [2.24, 2.45) is 5.73 Å². The number of halogens is 1. The Labute approximate surface area is 103 Å². The zero-order valence-electron chi connectivity index (χ0n) is 10.8. The number of benzene rings is 1. The maximum atomic E-state index is 13.7. The Balaban J connectivity index is 2.48. The molecule has 0 aliphatic heterocycles. The van der Waals surface area contributed by atoms with Gasteiger partial charge in [-0.15, -0.1) is 0 Å². The Morgan fingerprint density at radius 3 is 2.59 bits per heavy atom. The van der Waals surface area contributed by atoms with Gasteiger partial charge in [0.05, 0.1) is 0 Å². The van der Waals surface area contributed by atoms with Crippen LogP contribution in [-0.4, -0.2) is 19.6 Å².